The van der Waals surface area contributed by atoms with Gasteiger partial charge in [0.15, 0.2) is 5.65 Å². The summed E-state index contributed by atoms with van der Waals surface area (Å²) in [6.07, 6.45) is 1.08. The predicted molar refractivity (Wildman–Crippen MR) is 108 cm³/mol. The zero-order valence-corrected chi connectivity index (χ0v) is 17.0. The average Bonchev–Trinajstić information content (AvgIpc) is 3.00. The van der Waals surface area contributed by atoms with Gasteiger partial charge in [-0.3, -0.25) is 4.79 Å². The molecule has 0 amide bonds. The summed E-state index contributed by atoms with van der Waals surface area (Å²) >= 11 is 0. The van der Waals surface area contributed by atoms with E-state index in [4.69, 9.17) is 4.74 Å². The molecule has 10 heteroatoms. The fourth-order valence-corrected chi connectivity index (χ4v) is 5.30. The van der Waals surface area contributed by atoms with Crippen LogP contribution >= 0.6 is 0 Å². The zero-order valence-electron chi connectivity index (χ0n) is 16.2. The second-order valence-corrected chi connectivity index (χ2v) is 8.78. The minimum absolute atomic E-state index is 0.115. The van der Waals surface area contributed by atoms with Gasteiger partial charge < -0.3 is 14.7 Å². The first kappa shape index (κ1) is 20.3. The van der Waals surface area contributed by atoms with Crippen LogP contribution in [0.4, 0.5) is 10.1 Å². The largest absolute Gasteiger partial charge is 0.481 e. The molecule has 3 aromatic rings. The van der Waals surface area contributed by atoms with Gasteiger partial charge in [-0.1, -0.05) is 0 Å². The van der Waals surface area contributed by atoms with Gasteiger partial charge in [0.2, 0.25) is 0 Å². The van der Waals surface area contributed by atoms with Crippen LogP contribution < -0.4 is 4.90 Å². The van der Waals surface area contributed by atoms with Gasteiger partial charge in [0.05, 0.1) is 30.2 Å². The van der Waals surface area contributed by atoms with E-state index in [2.05, 4.69) is 4.98 Å². The summed E-state index contributed by atoms with van der Waals surface area (Å²) in [5.41, 5.74) is 1.03. The number of anilines is 1. The van der Waals surface area contributed by atoms with Gasteiger partial charge in [0, 0.05) is 30.4 Å². The number of aromatic nitrogens is 2. The number of rotatable bonds is 5. The van der Waals surface area contributed by atoms with E-state index in [9.17, 15) is 22.7 Å². The summed E-state index contributed by atoms with van der Waals surface area (Å²) in [5.74, 6) is -1.73. The lowest BCUT2D eigenvalue weighted by atomic mass is 10.1. The number of aliphatic carboxylic acids is 1. The Bertz CT molecular complexity index is 1230. The molecule has 158 valence electrons. The Kier molecular flexibility index (Phi) is 5.20. The van der Waals surface area contributed by atoms with Crippen LogP contribution in [-0.2, 0) is 26.0 Å². The van der Waals surface area contributed by atoms with Gasteiger partial charge in [0.1, 0.15) is 5.82 Å². The maximum Gasteiger partial charge on any atom is 0.307 e. The number of hydrogen-bond donors (Lipinski definition) is 1. The number of pyridine rings is 1. The van der Waals surface area contributed by atoms with E-state index in [0.717, 1.165) is 10.0 Å². The molecule has 0 radical (unpaired) electrons. The standard InChI is InChI=1S/C20H20FN3O5S/c1-13-16(12-19(25)26)15-3-2-6-22-20(15)24(13)30(27,28)14-4-5-18(17(21)11-14)23-7-9-29-10-8-23/h2-6,11H,7-10,12H2,1H3,(H,25,26). The number of morpholine rings is 1. The van der Waals surface area contributed by atoms with E-state index >= 15 is 0 Å². The third-order valence-electron chi connectivity index (χ3n) is 5.18. The van der Waals surface area contributed by atoms with E-state index in [1.807, 2.05) is 0 Å². The molecule has 0 bridgehead atoms. The SMILES string of the molecule is Cc1c(CC(=O)O)c2cccnc2n1S(=O)(=O)c1ccc(N2CCOCC2)c(F)c1. The summed E-state index contributed by atoms with van der Waals surface area (Å²) in [6, 6.07) is 7.03. The average molecular weight is 433 g/mol. The minimum Gasteiger partial charge on any atom is -0.481 e. The maximum atomic E-state index is 14.8. The number of benzene rings is 1. The zero-order chi connectivity index (χ0) is 21.5. The van der Waals surface area contributed by atoms with Crippen molar-refractivity contribution in [2.45, 2.75) is 18.2 Å². The third-order valence-corrected chi connectivity index (χ3v) is 6.96. The molecule has 1 aliphatic rings. The van der Waals surface area contributed by atoms with Crippen LogP contribution in [0.25, 0.3) is 11.0 Å². The Morgan fingerprint density at radius 1 is 1.27 bits per heavy atom. The van der Waals surface area contributed by atoms with Gasteiger partial charge in [-0.05, 0) is 42.8 Å². The normalized spacial score (nSPS) is 14.9. The number of halogens is 1. The van der Waals surface area contributed by atoms with E-state index < -0.39 is 21.8 Å². The molecule has 4 rings (SSSR count). The van der Waals surface area contributed by atoms with Crippen LogP contribution in [-0.4, -0.2) is 54.8 Å². The van der Waals surface area contributed by atoms with Crippen molar-refractivity contribution in [2.75, 3.05) is 31.2 Å². The fourth-order valence-electron chi connectivity index (χ4n) is 3.75. The van der Waals surface area contributed by atoms with E-state index in [1.54, 1.807) is 17.0 Å². The van der Waals surface area contributed by atoms with Crippen LogP contribution in [0.15, 0.2) is 41.4 Å². The number of hydrogen-bond acceptors (Lipinski definition) is 6. The van der Waals surface area contributed by atoms with Crippen molar-refractivity contribution in [1.29, 1.82) is 0 Å². The fraction of sp³-hybridized carbons (Fsp3) is 0.300. The van der Waals surface area contributed by atoms with Crippen molar-refractivity contribution < 1.29 is 27.4 Å². The molecule has 0 spiro atoms. The van der Waals surface area contributed by atoms with Crippen LogP contribution in [0, 0.1) is 12.7 Å². The molecule has 1 aromatic carbocycles. The Morgan fingerprint density at radius 2 is 2.00 bits per heavy atom. The lowest BCUT2D eigenvalue weighted by molar-refractivity contribution is -0.136. The highest BCUT2D eigenvalue weighted by Gasteiger charge is 2.28. The molecular formula is C20H20FN3O5S. The van der Waals surface area contributed by atoms with Crippen molar-refractivity contribution >= 4 is 32.7 Å². The van der Waals surface area contributed by atoms with Crippen LogP contribution in [0.5, 0.6) is 0 Å². The van der Waals surface area contributed by atoms with Gasteiger partial charge in [-0.25, -0.2) is 21.8 Å². The first-order chi connectivity index (χ1) is 14.3. The molecule has 0 saturated carbocycles. The van der Waals surface area contributed by atoms with Crippen molar-refractivity contribution in [3.63, 3.8) is 0 Å². The number of nitrogens with zero attached hydrogens (tertiary/aromatic N) is 3. The van der Waals surface area contributed by atoms with Gasteiger partial charge in [0.25, 0.3) is 10.0 Å². The first-order valence-electron chi connectivity index (χ1n) is 9.35. The molecule has 0 atom stereocenters. The Balaban J connectivity index is 1.83. The van der Waals surface area contributed by atoms with Crippen molar-refractivity contribution in [3.8, 4) is 0 Å². The highest BCUT2D eigenvalue weighted by Crippen LogP contribution is 2.31. The summed E-state index contributed by atoms with van der Waals surface area (Å²) < 4.78 is 47.8. The van der Waals surface area contributed by atoms with Crippen molar-refractivity contribution in [3.05, 3.63) is 53.6 Å². The Morgan fingerprint density at radius 3 is 2.67 bits per heavy atom. The molecular weight excluding hydrogens is 413 g/mol. The Labute approximate surface area is 172 Å². The number of carbonyl (C=O) groups is 1. The molecule has 1 N–H and O–H groups in total. The molecule has 1 aliphatic heterocycles. The van der Waals surface area contributed by atoms with Crippen LogP contribution in [0.3, 0.4) is 0 Å². The van der Waals surface area contributed by atoms with Gasteiger partial charge in [-0.2, -0.15) is 0 Å². The molecule has 3 heterocycles. The first-order valence-corrected chi connectivity index (χ1v) is 10.8. The highest BCUT2D eigenvalue weighted by molar-refractivity contribution is 7.90. The van der Waals surface area contributed by atoms with E-state index in [1.165, 1.54) is 25.3 Å². The second-order valence-electron chi connectivity index (χ2n) is 6.99. The maximum absolute atomic E-state index is 14.8. The molecule has 30 heavy (non-hydrogen) atoms. The number of carboxylic acid groups (broad SMARTS) is 1. The summed E-state index contributed by atoms with van der Waals surface area (Å²) in [5, 5.41) is 9.66. The number of ether oxygens (including phenoxy) is 1. The highest BCUT2D eigenvalue weighted by atomic mass is 32.2. The number of carboxylic acids is 1. The van der Waals surface area contributed by atoms with Crippen LogP contribution in [0.2, 0.25) is 0 Å². The molecule has 2 aromatic heterocycles. The molecule has 0 unspecified atom stereocenters. The van der Waals surface area contributed by atoms with E-state index in [0.29, 0.717) is 42.9 Å². The lowest BCUT2D eigenvalue weighted by Crippen LogP contribution is -2.36. The summed E-state index contributed by atoms with van der Waals surface area (Å²) in [4.78, 5) is 17.0. The molecule has 0 aliphatic carbocycles. The molecule has 8 nitrogen and oxygen atoms in total. The quantitative estimate of drug-likeness (QED) is 0.658. The minimum atomic E-state index is -4.20. The monoisotopic (exact) mass is 433 g/mol. The molecule has 1 fully saturated rings. The second kappa shape index (κ2) is 7.69. The molecule has 1 saturated heterocycles. The van der Waals surface area contributed by atoms with E-state index in [-0.39, 0.29) is 22.7 Å². The van der Waals surface area contributed by atoms with Gasteiger partial charge >= 0.3 is 5.97 Å². The van der Waals surface area contributed by atoms with Crippen LogP contribution in [0.1, 0.15) is 11.3 Å². The lowest BCUT2D eigenvalue weighted by Gasteiger charge is -2.29. The third kappa shape index (κ3) is 3.41. The predicted octanol–water partition coefficient (Wildman–Crippen LogP) is 2.18. The Hall–Kier alpha value is -2.98. The topological polar surface area (TPSA) is 102 Å². The van der Waals surface area contributed by atoms with Crippen molar-refractivity contribution in [2.24, 2.45) is 0 Å². The summed E-state index contributed by atoms with van der Waals surface area (Å²) in [6.45, 7) is 3.52. The van der Waals surface area contributed by atoms with Gasteiger partial charge in [-0.15, -0.1) is 0 Å². The number of fused-ring (bicyclic) bond motifs is 1. The van der Waals surface area contributed by atoms with Crippen molar-refractivity contribution in [1.82, 2.24) is 8.96 Å². The summed E-state index contributed by atoms with van der Waals surface area (Å²) in [7, 11) is -4.20. The smallest absolute Gasteiger partial charge is 0.307 e.